The van der Waals surface area contributed by atoms with Crippen molar-refractivity contribution in [2.75, 3.05) is 0 Å². The highest BCUT2D eigenvalue weighted by molar-refractivity contribution is 5.81. The minimum Gasteiger partial charge on any atom is -0.352 e. The maximum Gasteiger partial charge on any atom is 0.237 e. The Morgan fingerprint density at radius 1 is 1.29 bits per heavy atom. The van der Waals surface area contributed by atoms with Crippen LogP contribution < -0.4 is 10.6 Å². The summed E-state index contributed by atoms with van der Waals surface area (Å²) in [5, 5.41) is 6.68. The first kappa shape index (κ1) is 14.6. The molecule has 114 valence electrons. The van der Waals surface area contributed by atoms with Crippen LogP contribution in [0.4, 0.5) is 0 Å². The number of carbonyl (C=O) groups excluding carboxylic acids is 1. The normalized spacial score (nSPS) is 25.0. The summed E-state index contributed by atoms with van der Waals surface area (Å²) in [5.41, 5.74) is 2.95. The van der Waals surface area contributed by atoms with E-state index >= 15 is 0 Å². The van der Waals surface area contributed by atoms with E-state index in [0.717, 1.165) is 25.7 Å². The predicted molar refractivity (Wildman–Crippen MR) is 85.0 cm³/mol. The molecule has 0 spiro atoms. The second kappa shape index (κ2) is 5.45. The van der Waals surface area contributed by atoms with Gasteiger partial charge >= 0.3 is 0 Å². The fourth-order valence-electron chi connectivity index (χ4n) is 3.26. The summed E-state index contributed by atoms with van der Waals surface area (Å²) in [7, 11) is 0. The molecule has 2 atom stereocenters. The molecule has 1 fully saturated rings. The van der Waals surface area contributed by atoms with Crippen LogP contribution in [0.25, 0.3) is 0 Å². The van der Waals surface area contributed by atoms with E-state index in [2.05, 4.69) is 48.7 Å². The number of benzene rings is 1. The standard InChI is InChI=1S/C18H26N2O/c1-12(17(21)20-14-8-9-14)19-16-15-7-5-4-6-13(15)10-11-18(16,2)3/h4-7,12,14,16,19H,8-11H2,1-3H3,(H,20,21). The molecule has 2 aliphatic carbocycles. The first-order valence-corrected chi connectivity index (χ1v) is 8.11. The van der Waals surface area contributed by atoms with Crippen molar-refractivity contribution in [3.63, 3.8) is 0 Å². The summed E-state index contributed by atoms with van der Waals surface area (Å²) in [6.07, 6.45) is 4.55. The Kier molecular flexibility index (Phi) is 3.78. The van der Waals surface area contributed by atoms with E-state index < -0.39 is 0 Å². The number of fused-ring (bicyclic) bond motifs is 1. The molecule has 2 N–H and O–H groups in total. The van der Waals surface area contributed by atoms with Crippen LogP contribution in [-0.2, 0) is 11.2 Å². The molecule has 1 aromatic carbocycles. The molecule has 3 heteroatoms. The molecule has 21 heavy (non-hydrogen) atoms. The van der Waals surface area contributed by atoms with E-state index in [0.29, 0.717) is 6.04 Å². The average molecular weight is 286 g/mol. The molecule has 0 aromatic heterocycles. The van der Waals surface area contributed by atoms with Crippen molar-refractivity contribution in [3.8, 4) is 0 Å². The second-order valence-corrected chi connectivity index (χ2v) is 7.29. The summed E-state index contributed by atoms with van der Waals surface area (Å²) in [5.74, 6) is 0.136. The van der Waals surface area contributed by atoms with E-state index in [-0.39, 0.29) is 23.4 Å². The van der Waals surface area contributed by atoms with Gasteiger partial charge in [-0.1, -0.05) is 38.1 Å². The smallest absolute Gasteiger partial charge is 0.237 e. The van der Waals surface area contributed by atoms with Crippen molar-refractivity contribution in [1.29, 1.82) is 0 Å². The topological polar surface area (TPSA) is 41.1 Å². The summed E-state index contributed by atoms with van der Waals surface area (Å²) in [6, 6.07) is 9.14. The maximum absolute atomic E-state index is 12.2. The number of amides is 1. The largest absolute Gasteiger partial charge is 0.352 e. The van der Waals surface area contributed by atoms with Gasteiger partial charge < -0.3 is 5.32 Å². The fraction of sp³-hybridized carbons (Fsp3) is 0.611. The second-order valence-electron chi connectivity index (χ2n) is 7.29. The third-order valence-electron chi connectivity index (χ3n) is 4.92. The first-order chi connectivity index (χ1) is 9.97. The lowest BCUT2D eigenvalue weighted by Crippen LogP contribution is -2.48. The van der Waals surface area contributed by atoms with Crippen molar-refractivity contribution in [1.82, 2.24) is 10.6 Å². The van der Waals surface area contributed by atoms with Gasteiger partial charge in [-0.3, -0.25) is 10.1 Å². The summed E-state index contributed by atoms with van der Waals surface area (Å²) in [4.78, 5) is 12.2. The zero-order valence-electron chi connectivity index (χ0n) is 13.3. The summed E-state index contributed by atoms with van der Waals surface area (Å²) < 4.78 is 0. The summed E-state index contributed by atoms with van der Waals surface area (Å²) in [6.45, 7) is 6.57. The van der Waals surface area contributed by atoms with Gasteiger partial charge in [-0.25, -0.2) is 0 Å². The SMILES string of the molecule is CC(NC1c2ccccc2CCC1(C)C)C(=O)NC1CC1. The highest BCUT2D eigenvalue weighted by Gasteiger charge is 2.37. The van der Waals surface area contributed by atoms with Crippen LogP contribution >= 0.6 is 0 Å². The Balaban J connectivity index is 1.76. The van der Waals surface area contributed by atoms with Gasteiger partial charge in [0.2, 0.25) is 5.91 Å². The van der Waals surface area contributed by atoms with Crippen LogP contribution in [0, 0.1) is 5.41 Å². The van der Waals surface area contributed by atoms with Crippen LogP contribution in [0.1, 0.15) is 57.2 Å². The van der Waals surface area contributed by atoms with Gasteiger partial charge in [0.15, 0.2) is 0 Å². The zero-order valence-corrected chi connectivity index (χ0v) is 13.3. The number of aryl methyl sites for hydroxylation is 1. The number of hydrogen-bond acceptors (Lipinski definition) is 2. The third kappa shape index (κ3) is 3.13. The molecule has 2 unspecified atom stereocenters. The number of hydrogen-bond donors (Lipinski definition) is 2. The Morgan fingerprint density at radius 2 is 2.00 bits per heavy atom. The number of nitrogens with one attached hydrogen (secondary N) is 2. The van der Waals surface area contributed by atoms with Gasteiger partial charge in [0.25, 0.3) is 0 Å². The molecule has 3 rings (SSSR count). The molecule has 1 saturated carbocycles. The minimum absolute atomic E-state index is 0.136. The van der Waals surface area contributed by atoms with Gasteiger partial charge in [0, 0.05) is 12.1 Å². The number of rotatable bonds is 4. The molecular weight excluding hydrogens is 260 g/mol. The van der Waals surface area contributed by atoms with E-state index in [1.807, 2.05) is 6.92 Å². The van der Waals surface area contributed by atoms with E-state index in [9.17, 15) is 4.79 Å². The molecule has 0 aliphatic heterocycles. The Labute approximate surface area is 127 Å². The highest BCUT2D eigenvalue weighted by Crippen LogP contribution is 2.43. The predicted octanol–water partition coefficient (Wildman–Crippen LogP) is 2.96. The molecule has 0 saturated heterocycles. The maximum atomic E-state index is 12.2. The van der Waals surface area contributed by atoms with Crippen molar-refractivity contribution < 1.29 is 4.79 Å². The van der Waals surface area contributed by atoms with Crippen LogP contribution in [0.5, 0.6) is 0 Å². The summed E-state index contributed by atoms with van der Waals surface area (Å²) >= 11 is 0. The lowest BCUT2D eigenvalue weighted by molar-refractivity contribution is -0.123. The van der Waals surface area contributed by atoms with Crippen LogP contribution in [0.15, 0.2) is 24.3 Å². The van der Waals surface area contributed by atoms with E-state index in [1.165, 1.54) is 11.1 Å². The molecule has 0 heterocycles. The molecule has 0 bridgehead atoms. The van der Waals surface area contributed by atoms with Gasteiger partial charge in [0.1, 0.15) is 0 Å². The monoisotopic (exact) mass is 286 g/mol. The Bertz CT molecular complexity index is 534. The highest BCUT2D eigenvalue weighted by atomic mass is 16.2. The van der Waals surface area contributed by atoms with E-state index in [1.54, 1.807) is 0 Å². The molecule has 0 radical (unpaired) electrons. The molecule has 1 amide bonds. The first-order valence-electron chi connectivity index (χ1n) is 8.11. The third-order valence-corrected chi connectivity index (χ3v) is 4.92. The fourth-order valence-corrected chi connectivity index (χ4v) is 3.26. The lowest BCUT2D eigenvalue weighted by Gasteiger charge is -2.41. The van der Waals surface area contributed by atoms with Gasteiger partial charge in [0.05, 0.1) is 6.04 Å². The molecular formula is C18H26N2O. The van der Waals surface area contributed by atoms with Gasteiger partial charge in [-0.15, -0.1) is 0 Å². The Morgan fingerprint density at radius 3 is 2.71 bits per heavy atom. The van der Waals surface area contributed by atoms with E-state index in [4.69, 9.17) is 0 Å². The average Bonchev–Trinajstić information content (AvgIpc) is 3.25. The molecule has 3 nitrogen and oxygen atoms in total. The van der Waals surface area contributed by atoms with Crippen molar-refractivity contribution in [2.45, 2.75) is 64.6 Å². The van der Waals surface area contributed by atoms with Crippen LogP contribution in [0.2, 0.25) is 0 Å². The van der Waals surface area contributed by atoms with Crippen molar-refractivity contribution >= 4 is 5.91 Å². The van der Waals surface area contributed by atoms with Crippen LogP contribution in [-0.4, -0.2) is 18.0 Å². The lowest BCUT2D eigenvalue weighted by atomic mass is 9.70. The quantitative estimate of drug-likeness (QED) is 0.893. The molecule has 2 aliphatic rings. The van der Waals surface area contributed by atoms with Crippen LogP contribution in [0.3, 0.4) is 0 Å². The Hall–Kier alpha value is -1.35. The van der Waals surface area contributed by atoms with Gasteiger partial charge in [-0.2, -0.15) is 0 Å². The minimum atomic E-state index is -0.152. The molecule has 1 aromatic rings. The van der Waals surface area contributed by atoms with Crippen molar-refractivity contribution in [2.24, 2.45) is 5.41 Å². The van der Waals surface area contributed by atoms with Gasteiger partial charge in [-0.05, 0) is 49.1 Å². The zero-order chi connectivity index (χ0) is 15.0. The number of carbonyl (C=O) groups is 1. The van der Waals surface area contributed by atoms with Crippen molar-refractivity contribution in [3.05, 3.63) is 35.4 Å².